The van der Waals surface area contributed by atoms with Gasteiger partial charge in [0.2, 0.25) is 0 Å². The average molecular weight is 629 g/mol. The number of barbiturate groups is 1. The second kappa shape index (κ2) is 10.4. The quantitative estimate of drug-likeness (QED) is 0.118. The third-order valence-electron chi connectivity index (χ3n) is 8.03. The van der Waals surface area contributed by atoms with Crippen LogP contribution in [-0.2, 0) is 15.0 Å². The van der Waals surface area contributed by atoms with Crippen molar-refractivity contribution in [1.29, 1.82) is 0 Å². The number of carbonyl (C=O) groups excluding carboxylic acids is 3. The number of urea groups is 1. The van der Waals surface area contributed by atoms with E-state index in [0.29, 0.717) is 11.4 Å². The van der Waals surface area contributed by atoms with E-state index in [0.717, 1.165) is 30.2 Å². The van der Waals surface area contributed by atoms with Crippen molar-refractivity contribution in [2.45, 2.75) is 19.3 Å². The number of nitrogens with zero attached hydrogens (tertiary/aromatic N) is 3. The molecular weight excluding hydrogens is 601 g/mol. The van der Waals surface area contributed by atoms with Gasteiger partial charge in [-0.1, -0.05) is 0 Å². The van der Waals surface area contributed by atoms with Gasteiger partial charge < -0.3 is 0 Å². The third kappa shape index (κ3) is 4.36. The Morgan fingerprint density at radius 3 is 1.53 bits per heavy atom. The number of carbonyl (C=O) groups is 3. The van der Waals surface area contributed by atoms with E-state index in [-0.39, 0.29) is 25.5 Å². The van der Waals surface area contributed by atoms with E-state index in [4.69, 9.17) is 0 Å². The predicted octanol–water partition coefficient (Wildman–Crippen LogP) is 7.44. The molecule has 1 saturated heterocycles. The Balaban J connectivity index is 1.33. The van der Waals surface area contributed by atoms with E-state index >= 15 is 0 Å². The van der Waals surface area contributed by atoms with Gasteiger partial charge in [-0.25, -0.2) is 0 Å². The van der Waals surface area contributed by atoms with Crippen LogP contribution >= 0.6 is 0 Å². The van der Waals surface area contributed by atoms with E-state index in [1.165, 1.54) is 11.1 Å². The number of amides is 4. The molecule has 0 saturated carbocycles. The van der Waals surface area contributed by atoms with Gasteiger partial charge in [-0.3, -0.25) is 0 Å². The van der Waals surface area contributed by atoms with Crippen molar-refractivity contribution in [2.75, 3.05) is 14.7 Å². The van der Waals surface area contributed by atoms with Crippen LogP contribution in [0.4, 0.5) is 32.1 Å². The van der Waals surface area contributed by atoms with E-state index < -0.39 is 17.8 Å². The van der Waals surface area contributed by atoms with Crippen molar-refractivity contribution >= 4 is 65.7 Å². The number of imide groups is 2. The van der Waals surface area contributed by atoms with Crippen LogP contribution in [0.3, 0.4) is 0 Å². The van der Waals surface area contributed by atoms with Crippen molar-refractivity contribution < 1.29 is 14.4 Å². The van der Waals surface area contributed by atoms with Crippen LogP contribution in [0, 0.1) is 0 Å². The molecule has 0 N–H and O–H groups in total. The van der Waals surface area contributed by atoms with Crippen LogP contribution in [0.2, 0.25) is 0 Å². The fraction of sp³-hybridized carbons (Fsp3) is 0.0833. The number of para-hydroxylation sites is 4. The summed E-state index contributed by atoms with van der Waals surface area (Å²) in [6, 6.07) is 37.7. The monoisotopic (exact) mass is 629 g/mol. The third-order valence-corrected chi connectivity index (χ3v) is 10.2. The summed E-state index contributed by atoms with van der Waals surface area (Å²) >= 11 is -0.216. The molecule has 1 aromatic heterocycles. The van der Waals surface area contributed by atoms with Crippen molar-refractivity contribution in [3.8, 4) is 0 Å². The molecule has 0 radical (unpaired) electrons. The Hall–Kier alpha value is -4.97. The molecule has 0 bridgehead atoms. The van der Waals surface area contributed by atoms with Crippen LogP contribution < -0.4 is 14.7 Å². The number of rotatable bonds is 4. The van der Waals surface area contributed by atoms with E-state index in [1.807, 2.05) is 18.2 Å². The number of fused-ring (bicyclic) bond motifs is 2. The first kappa shape index (κ1) is 26.9. The van der Waals surface area contributed by atoms with Crippen LogP contribution in [0.5, 0.6) is 0 Å². The molecule has 210 valence electrons. The van der Waals surface area contributed by atoms with Gasteiger partial charge in [0.05, 0.1) is 0 Å². The van der Waals surface area contributed by atoms with Crippen molar-refractivity contribution in [3.63, 3.8) is 0 Å². The summed E-state index contributed by atoms with van der Waals surface area (Å²) in [5.74, 6) is -1.26. The first-order valence-electron chi connectivity index (χ1n) is 14.0. The molecule has 4 aromatic carbocycles. The van der Waals surface area contributed by atoms with Crippen molar-refractivity contribution in [2.24, 2.45) is 0 Å². The summed E-state index contributed by atoms with van der Waals surface area (Å²) in [5, 5.41) is 0. The molecule has 0 atom stereocenters. The summed E-state index contributed by atoms with van der Waals surface area (Å²) in [6.45, 7) is 4.51. The van der Waals surface area contributed by atoms with Gasteiger partial charge in [0.15, 0.2) is 0 Å². The molecule has 0 aliphatic carbocycles. The van der Waals surface area contributed by atoms with Crippen molar-refractivity contribution in [3.05, 3.63) is 142 Å². The SMILES string of the molecule is CC1(C)c2ccccc2N(c2ccc(C=C3C(=O)N(c4ccccc4)C(=O)N(c4ccccc4)C3=O)[se]2)c2ccccc21. The van der Waals surface area contributed by atoms with Gasteiger partial charge in [-0.2, -0.15) is 0 Å². The average Bonchev–Trinajstić information content (AvgIpc) is 3.49. The molecule has 7 rings (SSSR count). The van der Waals surface area contributed by atoms with E-state index in [9.17, 15) is 14.4 Å². The standard InChI is InChI=1S/C36H27N3O3Se/c1-36(2)28-17-9-11-19-30(28)39(31-20-12-10-18-29(31)36)32-22-21-26(43-32)23-27-33(40)37(24-13-5-3-6-14-24)35(42)38(34(27)41)25-15-7-4-8-16-25/h3-23H,1-2H3. The zero-order chi connectivity index (χ0) is 29.7. The zero-order valence-electron chi connectivity index (χ0n) is 23.6. The summed E-state index contributed by atoms with van der Waals surface area (Å²) in [6.07, 6.45) is 1.66. The maximum atomic E-state index is 13.8. The minimum atomic E-state index is -0.696. The molecule has 2 aliphatic rings. The molecule has 0 spiro atoms. The minimum absolute atomic E-state index is 0.0457. The fourth-order valence-electron chi connectivity index (χ4n) is 5.93. The Morgan fingerprint density at radius 2 is 1.02 bits per heavy atom. The molecule has 5 aromatic rings. The predicted molar refractivity (Wildman–Crippen MR) is 171 cm³/mol. The molecule has 4 amide bonds. The number of benzene rings is 4. The Kier molecular flexibility index (Phi) is 6.50. The summed E-state index contributed by atoms with van der Waals surface area (Å²) < 4.78 is 1.97. The normalized spacial score (nSPS) is 15.8. The van der Waals surface area contributed by atoms with Crippen LogP contribution in [0.15, 0.2) is 127 Å². The van der Waals surface area contributed by atoms with Gasteiger partial charge in [0, 0.05) is 0 Å². The molecule has 3 heterocycles. The van der Waals surface area contributed by atoms with Gasteiger partial charge >= 0.3 is 257 Å². The van der Waals surface area contributed by atoms with Gasteiger partial charge in [-0.05, 0) is 0 Å². The second-order valence-electron chi connectivity index (χ2n) is 11.0. The Bertz CT molecular complexity index is 1810. The zero-order valence-corrected chi connectivity index (χ0v) is 25.3. The first-order chi connectivity index (χ1) is 20.9. The van der Waals surface area contributed by atoms with E-state index in [1.54, 1.807) is 54.6 Å². The van der Waals surface area contributed by atoms with E-state index in [2.05, 4.69) is 73.3 Å². The molecule has 43 heavy (non-hydrogen) atoms. The second-order valence-corrected chi connectivity index (χ2v) is 13.3. The topological polar surface area (TPSA) is 60.9 Å². The Labute approximate surface area is 255 Å². The Morgan fingerprint density at radius 1 is 0.558 bits per heavy atom. The van der Waals surface area contributed by atoms with Crippen LogP contribution in [0.25, 0.3) is 6.08 Å². The van der Waals surface area contributed by atoms with Crippen molar-refractivity contribution in [1.82, 2.24) is 0 Å². The number of hydrogen-bond acceptors (Lipinski definition) is 4. The fourth-order valence-corrected chi connectivity index (χ4v) is 7.98. The molecular formula is C36H27N3O3Se. The maximum absolute atomic E-state index is 13.8. The molecule has 6 nitrogen and oxygen atoms in total. The number of anilines is 5. The molecule has 0 unspecified atom stereocenters. The van der Waals surface area contributed by atoms with Gasteiger partial charge in [0.25, 0.3) is 0 Å². The van der Waals surface area contributed by atoms with Gasteiger partial charge in [-0.15, -0.1) is 0 Å². The molecule has 2 aliphatic heterocycles. The summed E-state index contributed by atoms with van der Waals surface area (Å²) in [5.41, 5.74) is 5.34. The van der Waals surface area contributed by atoms with Gasteiger partial charge in [0.1, 0.15) is 0 Å². The summed E-state index contributed by atoms with van der Waals surface area (Å²) in [4.78, 5) is 45.8. The summed E-state index contributed by atoms with van der Waals surface area (Å²) in [7, 11) is 0. The van der Waals surface area contributed by atoms with Crippen LogP contribution in [-0.4, -0.2) is 32.3 Å². The van der Waals surface area contributed by atoms with Crippen LogP contribution in [0.1, 0.15) is 29.4 Å². The first-order valence-corrected chi connectivity index (χ1v) is 15.7. The molecule has 1 fully saturated rings. The number of hydrogen-bond donors (Lipinski definition) is 0. The molecule has 7 heteroatoms.